The topological polar surface area (TPSA) is 97.3 Å². The molecule has 3 heterocycles. The van der Waals surface area contributed by atoms with Crippen molar-refractivity contribution in [3.63, 3.8) is 0 Å². The largest absolute Gasteiger partial charge is 0.378 e. The van der Waals surface area contributed by atoms with Crippen LogP contribution in [0.5, 0.6) is 0 Å². The van der Waals surface area contributed by atoms with Crippen LogP contribution in [-0.4, -0.2) is 61.5 Å². The first-order valence-electron chi connectivity index (χ1n) is 11.0. The van der Waals surface area contributed by atoms with E-state index < -0.39 is 10.0 Å². The maximum absolute atomic E-state index is 11.9. The van der Waals surface area contributed by atoms with Gasteiger partial charge in [0, 0.05) is 49.1 Å². The number of hydrogen-bond acceptors (Lipinski definition) is 7. The fraction of sp³-hybridized carbons (Fsp3) is 0.591. The lowest BCUT2D eigenvalue weighted by Gasteiger charge is -2.40. The predicted octanol–water partition coefficient (Wildman–Crippen LogP) is 2.36. The molecule has 0 bridgehead atoms. The van der Waals surface area contributed by atoms with Gasteiger partial charge in [-0.05, 0) is 50.3 Å². The number of sulfonamides is 1. The summed E-state index contributed by atoms with van der Waals surface area (Å²) in [5, 5.41) is 0. The van der Waals surface area contributed by atoms with Crippen molar-refractivity contribution in [2.75, 3.05) is 30.9 Å². The van der Waals surface area contributed by atoms with Gasteiger partial charge >= 0.3 is 0 Å². The van der Waals surface area contributed by atoms with E-state index in [1.54, 1.807) is 18.7 Å². The summed E-state index contributed by atoms with van der Waals surface area (Å²) < 4.78 is 32.9. The van der Waals surface area contributed by atoms with Gasteiger partial charge in [0.05, 0.1) is 19.0 Å². The van der Waals surface area contributed by atoms with Crippen LogP contribution in [0.15, 0.2) is 43.0 Å². The first-order chi connectivity index (χ1) is 15.0. The van der Waals surface area contributed by atoms with E-state index in [1.807, 2.05) is 24.3 Å². The van der Waals surface area contributed by atoms with Gasteiger partial charge in [0.15, 0.2) is 0 Å². The van der Waals surface area contributed by atoms with Gasteiger partial charge in [-0.15, -0.1) is 0 Å². The lowest BCUT2D eigenvalue weighted by atomic mass is 9.85. The summed E-state index contributed by atoms with van der Waals surface area (Å²) in [7, 11) is -3.27. The average Bonchev–Trinajstić information content (AvgIpc) is 2.79. The van der Waals surface area contributed by atoms with E-state index in [2.05, 4.69) is 24.6 Å². The normalized spacial score (nSPS) is 27.2. The molecule has 2 aromatic heterocycles. The molecule has 2 aromatic rings. The molecule has 31 heavy (non-hydrogen) atoms. The second kappa shape index (κ2) is 10.0. The lowest BCUT2D eigenvalue weighted by Crippen LogP contribution is -2.52. The van der Waals surface area contributed by atoms with E-state index in [-0.39, 0.29) is 18.1 Å². The van der Waals surface area contributed by atoms with E-state index >= 15 is 0 Å². The second-order valence-corrected chi connectivity index (χ2v) is 10.4. The molecule has 1 aliphatic carbocycles. The third-order valence-corrected chi connectivity index (χ3v) is 7.05. The summed E-state index contributed by atoms with van der Waals surface area (Å²) in [4.78, 5) is 15.1. The highest BCUT2D eigenvalue weighted by atomic mass is 32.2. The zero-order chi connectivity index (χ0) is 21.7. The minimum Gasteiger partial charge on any atom is -0.378 e. The maximum atomic E-state index is 11.9. The van der Waals surface area contributed by atoms with Crippen molar-refractivity contribution in [2.24, 2.45) is 5.92 Å². The number of anilines is 1. The number of nitrogens with one attached hydrogen (secondary N) is 1. The Morgan fingerprint density at radius 2 is 1.94 bits per heavy atom. The van der Waals surface area contributed by atoms with E-state index in [9.17, 15) is 8.42 Å². The molecule has 8 nitrogen and oxygen atoms in total. The molecule has 4 rings (SSSR count). The third-order valence-electron chi connectivity index (χ3n) is 6.32. The van der Waals surface area contributed by atoms with Gasteiger partial charge in [0.25, 0.3) is 0 Å². The highest BCUT2D eigenvalue weighted by Gasteiger charge is 2.33. The molecular weight excluding hydrogens is 414 g/mol. The minimum absolute atomic E-state index is 0.0741. The van der Waals surface area contributed by atoms with Gasteiger partial charge in [-0.2, -0.15) is 0 Å². The van der Waals surface area contributed by atoms with E-state index in [0.717, 1.165) is 56.7 Å². The van der Waals surface area contributed by atoms with E-state index in [0.29, 0.717) is 12.5 Å². The molecule has 1 N–H and O–H groups in total. The molecule has 0 spiro atoms. The van der Waals surface area contributed by atoms with Gasteiger partial charge in [0.1, 0.15) is 12.1 Å². The number of aromatic nitrogens is 3. The number of ether oxygens (including phenoxy) is 1. The Labute approximate surface area is 184 Å². The Balaban J connectivity index is 1.34. The van der Waals surface area contributed by atoms with Crippen molar-refractivity contribution in [2.45, 2.75) is 50.2 Å². The van der Waals surface area contributed by atoms with Crippen molar-refractivity contribution >= 4 is 15.8 Å². The fourth-order valence-corrected chi connectivity index (χ4v) is 5.57. The number of piperidine rings is 1. The molecule has 2 aliphatic rings. The Morgan fingerprint density at radius 3 is 2.61 bits per heavy atom. The zero-order valence-electron chi connectivity index (χ0n) is 17.9. The summed E-state index contributed by atoms with van der Waals surface area (Å²) >= 11 is 0. The van der Waals surface area contributed by atoms with Crippen molar-refractivity contribution in [3.05, 3.63) is 48.7 Å². The zero-order valence-corrected chi connectivity index (χ0v) is 18.7. The predicted molar refractivity (Wildman–Crippen MR) is 119 cm³/mol. The van der Waals surface area contributed by atoms with Crippen LogP contribution in [0, 0.1) is 5.92 Å². The Bertz CT molecular complexity index is 921. The molecule has 1 aliphatic heterocycles. The molecule has 1 saturated carbocycles. The molecular formula is C22H31N5O3S. The Hall–Kier alpha value is -2.10. The minimum atomic E-state index is -3.27. The van der Waals surface area contributed by atoms with Gasteiger partial charge in [0.2, 0.25) is 10.0 Å². The quantitative estimate of drug-likeness (QED) is 0.699. The van der Waals surface area contributed by atoms with Crippen LogP contribution in [0.2, 0.25) is 0 Å². The van der Waals surface area contributed by atoms with Crippen molar-refractivity contribution in [1.29, 1.82) is 0 Å². The average molecular weight is 446 g/mol. The highest BCUT2D eigenvalue weighted by molar-refractivity contribution is 7.88. The first-order valence-corrected chi connectivity index (χ1v) is 12.9. The van der Waals surface area contributed by atoms with Gasteiger partial charge in [-0.3, -0.25) is 0 Å². The Kier molecular flexibility index (Phi) is 7.14. The molecule has 1 saturated heterocycles. The summed E-state index contributed by atoms with van der Waals surface area (Å²) in [6.45, 7) is 2.03. The molecule has 0 radical (unpaired) electrons. The molecule has 2 fully saturated rings. The van der Waals surface area contributed by atoms with Crippen LogP contribution >= 0.6 is 0 Å². The molecule has 9 heteroatoms. The molecule has 1 unspecified atom stereocenters. The van der Waals surface area contributed by atoms with Crippen LogP contribution in [0.4, 0.5) is 5.82 Å². The van der Waals surface area contributed by atoms with Gasteiger partial charge in [-0.1, -0.05) is 6.07 Å². The monoisotopic (exact) mass is 445 g/mol. The SMILES string of the molecule is CS(=O)(=O)NC1CCN(c2ccccn2)C[C@H]1COC1CCC(c2ccncn2)CC1. The molecule has 168 valence electrons. The third kappa shape index (κ3) is 6.21. The second-order valence-electron chi connectivity index (χ2n) is 8.62. The smallest absolute Gasteiger partial charge is 0.208 e. The molecule has 0 amide bonds. The number of rotatable bonds is 7. The summed E-state index contributed by atoms with van der Waals surface area (Å²) in [5.41, 5.74) is 1.11. The number of pyridine rings is 1. The summed E-state index contributed by atoms with van der Waals surface area (Å²) in [5.74, 6) is 1.47. The first kappa shape index (κ1) is 22.1. The summed E-state index contributed by atoms with van der Waals surface area (Å²) in [6, 6.07) is 7.76. The number of nitrogens with zero attached hydrogens (tertiary/aromatic N) is 4. The number of hydrogen-bond donors (Lipinski definition) is 1. The van der Waals surface area contributed by atoms with Crippen LogP contribution in [0.3, 0.4) is 0 Å². The fourth-order valence-electron chi connectivity index (χ4n) is 4.71. The van der Waals surface area contributed by atoms with Gasteiger partial charge in [-0.25, -0.2) is 28.1 Å². The van der Waals surface area contributed by atoms with Crippen molar-refractivity contribution in [1.82, 2.24) is 19.7 Å². The van der Waals surface area contributed by atoms with E-state index in [4.69, 9.17) is 4.74 Å². The van der Waals surface area contributed by atoms with Crippen molar-refractivity contribution < 1.29 is 13.2 Å². The summed E-state index contributed by atoms with van der Waals surface area (Å²) in [6.07, 6.45) is 11.5. The van der Waals surface area contributed by atoms with Crippen LogP contribution in [0.25, 0.3) is 0 Å². The Morgan fingerprint density at radius 1 is 1.10 bits per heavy atom. The van der Waals surface area contributed by atoms with Crippen LogP contribution in [-0.2, 0) is 14.8 Å². The highest BCUT2D eigenvalue weighted by Crippen LogP contribution is 2.33. The molecule has 0 aromatic carbocycles. The van der Waals surface area contributed by atoms with Crippen molar-refractivity contribution in [3.8, 4) is 0 Å². The van der Waals surface area contributed by atoms with Gasteiger partial charge < -0.3 is 9.64 Å². The van der Waals surface area contributed by atoms with Crippen LogP contribution < -0.4 is 9.62 Å². The lowest BCUT2D eigenvalue weighted by molar-refractivity contribution is -0.00232. The van der Waals surface area contributed by atoms with E-state index in [1.165, 1.54) is 6.26 Å². The molecule has 2 atom stereocenters. The van der Waals surface area contributed by atoms with Crippen LogP contribution in [0.1, 0.15) is 43.7 Å². The maximum Gasteiger partial charge on any atom is 0.208 e. The standard InChI is InChI=1S/C22H31N5O3S/c1-31(28,29)26-21-10-13-27(22-4-2-3-11-24-22)14-18(21)15-30-19-7-5-17(6-8-19)20-9-12-23-16-25-20/h2-4,9,11-12,16-19,21,26H,5-8,10,13-15H2,1H3/t17?,18-,19?,21?/m0/s1.